The molecule has 1 saturated heterocycles. The van der Waals surface area contributed by atoms with Gasteiger partial charge < -0.3 is 14.6 Å². The van der Waals surface area contributed by atoms with Crippen LogP contribution in [-0.2, 0) is 9.47 Å². The molecule has 0 saturated carbocycles. The molecule has 3 unspecified atom stereocenters. The fraction of sp³-hybridized carbons (Fsp3) is 1.00. The highest BCUT2D eigenvalue weighted by atomic mass is 32.2. The Hall–Kier alpha value is 0.230. The van der Waals surface area contributed by atoms with Crippen molar-refractivity contribution in [2.45, 2.75) is 32.7 Å². The van der Waals surface area contributed by atoms with Crippen LogP contribution in [0.25, 0.3) is 0 Å². The van der Waals surface area contributed by atoms with E-state index in [0.29, 0.717) is 12.5 Å². The van der Waals surface area contributed by atoms with Gasteiger partial charge in [0.1, 0.15) is 6.10 Å². The minimum Gasteiger partial charge on any atom is -0.394 e. The predicted molar refractivity (Wildman–Crippen MR) is 58.5 cm³/mol. The highest BCUT2D eigenvalue weighted by Gasteiger charge is 2.41. The minimum atomic E-state index is -0.504. The average Bonchev–Trinajstić information content (AvgIpc) is 2.58. The first-order valence-corrected chi connectivity index (χ1v) is 6.28. The molecule has 4 heteroatoms. The van der Waals surface area contributed by atoms with Crippen LogP contribution in [0.5, 0.6) is 0 Å². The number of hydrogen-bond donors (Lipinski definition) is 1. The number of rotatable bonds is 5. The summed E-state index contributed by atoms with van der Waals surface area (Å²) >= 11 is 1.89. The number of ether oxygens (including phenoxy) is 2. The van der Waals surface area contributed by atoms with Crippen LogP contribution in [-0.4, -0.2) is 41.7 Å². The maximum absolute atomic E-state index is 8.95. The van der Waals surface area contributed by atoms with E-state index in [1.54, 1.807) is 0 Å². The Labute approximate surface area is 90.2 Å². The predicted octanol–water partition coefficient (Wildman–Crippen LogP) is 1.50. The van der Waals surface area contributed by atoms with E-state index in [1.165, 1.54) is 0 Å². The van der Waals surface area contributed by atoms with Gasteiger partial charge in [0, 0.05) is 11.7 Å². The Kier molecular flexibility index (Phi) is 4.70. The SMILES string of the molecule is CCSCC(C)C1(C)OCC(CO)O1. The van der Waals surface area contributed by atoms with Gasteiger partial charge in [-0.1, -0.05) is 13.8 Å². The van der Waals surface area contributed by atoms with Crippen LogP contribution in [0, 0.1) is 5.92 Å². The normalized spacial score (nSPS) is 34.7. The van der Waals surface area contributed by atoms with E-state index in [9.17, 15) is 0 Å². The number of aliphatic hydroxyl groups excluding tert-OH is 1. The quantitative estimate of drug-likeness (QED) is 0.762. The summed E-state index contributed by atoms with van der Waals surface area (Å²) in [6, 6.07) is 0. The molecule has 0 aromatic carbocycles. The van der Waals surface area contributed by atoms with Crippen LogP contribution in [0.15, 0.2) is 0 Å². The summed E-state index contributed by atoms with van der Waals surface area (Å²) < 4.78 is 11.3. The third-order valence-corrected chi connectivity index (χ3v) is 3.77. The lowest BCUT2D eigenvalue weighted by atomic mass is 10.1. The van der Waals surface area contributed by atoms with Crippen molar-refractivity contribution in [1.82, 2.24) is 0 Å². The standard InChI is InChI=1S/C10H20O3S/c1-4-14-7-8(2)10(3)12-6-9(5-11)13-10/h8-9,11H,4-7H2,1-3H3. The second-order valence-electron chi connectivity index (χ2n) is 3.81. The molecule has 1 aliphatic heterocycles. The summed E-state index contributed by atoms with van der Waals surface area (Å²) in [5.41, 5.74) is 0. The summed E-state index contributed by atoms with van der Waals surface area (Å²) in [6.45, 7) is 6.79. The summed E-state index contributed by atoms with van der Waals surface area (Å²) in [7, 11) is 0. The van der Waals surface area contributed by atoms with Gasteiger partial charge in [0.05, 0.1) is 13.2 Å². The van der Waals surface area contributed by atoms with E-state index >= 15 is 0 Å². The van der Waals surface area contributed by atoms with E-state index in [-0.39, 0.29) is 12.7 Å². The van der Waals surface area contributed by atoms with Gasteiger partial charge in [-0.15, -0.1) is 0 Å². The van der Waals surface area contributed by atoms with Gasteiger partial charge >= 0.3 is 0 Å². The number of aliphatic hydroxyl groups is 1. The summed E-state index contributed by atoms with van der Waals surface area (Å²) in [4.78, 5) is 0. The summed E-state index contributed by atoms with van der Waals surface area (Å²) in [5.74, 6) is 1.99. The molecule has 1 N–H and O–H groups in total. The van der Waals surface area contributed by atoms with Crippen LogP contribution >= 0.6 is 11.8 Å². The Morgan fingerprint density at radius 1 is 1.64 bits per heavy atom. The fourth-order valence-electron chi connectivity index (χ4n) is 1.45. The van der Waals surface area contributed by atoms with E-state index < -0.39 is 5.79 Å². The highest BCUT2D eigenvalue weighted by molar-refractivity contribution is 7.99. The van der Waals surface area contributed by atoms with Crippen molar-refractivity contribution >= 4 is 11.8 Å². The molecule has 3 nitrogen and oxygen atoms in total. The Bertz CT molecular complexity index is 177. The Balaban J connectivity index is 2.41. The van der Waals surface area contributed by atoms with Crippen molar-refractivity contribution in [3.05, 3.63) is 0 Å². The van der Waals surface area contributed by atoms with Gasteiger partial charge in [-0.3, -0.25) is 0 Å². The zero-order valence-corrected chi connectivity index (χ0v) is 9.97. The third kappa shape index (κ3) is 2.86. The molecule has 0 bridgehead atoms. The number of hydrogen-bond acceptors (Lipinski definition) is 4. The fourth-order valence-corrected chi connectivity index (χ4v) is 2.34. The molecule has 1 rings (SSSR count). The molecule has 14 heavy (non-hydrogen) atoms. The third-order valence-electron chi connectivity index (χ3n) is 2.63. The topological polar surface area (TPSA) is 38.7 Å². The Morgan fingerprint density at radius 3 is 2.86 bits per heavy atom. The molecular formula is C10H20O3S. The zero-order chi connectivity index (χ0) is 10.6. The molecule has 84 valence electrons. The van der Waals surface area contributed by atoms with Crippen LogP contribution in [0.4, 0.5) is 0 Å². The first kappa shape index (κ1) is 12.3. The van der Waals surface area contributed by atoms with E-state index in [0.717, 1.165) is 11.5 Å². The molecule has 0 amide bonds. The second kappa shape index (κ2) is 5.35. The molecule has 0 spiro atoms. The van der Waals surface area contributed by atoms with Crippen LogP contribution in [0.2, 0.25) is 0 Å². The first-order valence-electron chi connectivity index (χ1n) is 5.12. The average molecular weight is 220 g/mol. The molecule has 0 aromatic heterocycles. The number of thioether (sulfide) groups is 1. The molecule has 0 aromatic rings. The lowest BCUT2D eigenvalue weighted by Gasteiger charge is -2.29. The monoisotopic (exact) mass is 220 g/mol. The molecule has 1 heterocycles. The van der Waals surface area contributed by atoms with Gasteiger partial charge in [0.15, 0.2) is 5.79 Å². The van der Waals surface area contributed by atoms with Crippen molar-refractivity contribution in [1.29, 1.82) is 0 Å². The van der Waals surface area contributed by atoms with Gasteiger partial charge in [-0.25, -0.2) is 0 Å². The first-order chi connectivity index (χ1) is 6.62. The van der Waals surface area contributed by atoms with Crippen LogP contribution < -0.4 is 0 Å². The van der Waals surface area contributed by atoms with Crippen molar-refractivity contribution in [3.8, 4) is 0 Å². The van der Waals surface area contributed by atoms with E-state index in [4.69, 9.17) is 14.6 Å². The van der Waals surface area contributed by atoms with Crippen molar-refractivity contribution in [3.63, 3.8) is 0 Å². The lowest BCUT2D eigenvalue weighted by Crippen LogP contribution is -2.36. The summed E-state index contributed by atoms with van der Waals surface area (Å²) in [6.07, 6.45) is -0.144. The lowest BCUT2D eigenvalue weighted by molar-refractivity contribution is -0.184. The molecule has 1 fully saturated rings. The molecule has 1 aliphatic rings. The summed E-state index contributed by atoms with van der Waals surface area (Å²) in [5, 5.41) is 8.95. The van der Waals surface area contributed by atoms with Crippen molar-refractivity contribution < 1.29 is 14.6 Å². The smallest absolute Gasteiger partial charge is 0.169 e. The molecule has 0 radical (unpaired) electrons. The van der Waals surface area contributed by atoms with E-state index in [2.05, 4.69) is 13.8 Å². The highest BCUT2D eigenvalue weighted by Crippen LogP contribution is 2.32. The van der Waals surface area contributed by atoms with Crippen molar-refractivity contribution in [2.75, 3.05) is 24.7 Å². The van der Waals surface area contributed by atoms with E-state index in [1.807, 2.05) is 18.7 Å². The maximum atomic E-state index is 8.95. The molecule has 0 aliphatic carbocycles. The van der Waals surface area contributed by atoms with Gasteiger partial charge in [0.25, 0.3) is 0 Å². The van der Waals surface area contributed by atoms with Crippen LogP contribution in [0.3, 0.4) is 0 Å². The Morgan fingerprint density at radius 2 is 2.36 bits per heavy atom. The maximum Gasteiger partial charge on any atom is 0.169 e. The van der Waals surface area contributed by atoms with Gasteiger partial charge in [0.2, 0.25) is 0 Å². The van der Waals surface area contributed by atoms with Gasteiger partial charge in [-0.05, 0) is 12.7 Å². The van der Waals surface area contributed by atoms with Gasteiger partial charge in [-0.2, -0.15) is 11.8 Å². The minimum absolute atomic E-state index is 0.0449. The van der Waals surface area contributed by atoms with Crippen LogP contribution in [0.1, 0.15) is 20.8 Å². The molecular weight excluding hydrogens is 200 g/mol. The van der Waals surface area contributed by atoms with Crippen molar-refractivity contribution in [2.24, 2.45) is 5.92 Å². The second-order valence-corrected chi connectivity index (χ2v) is 5.13. The largest absolute Gasteiger partial charge is 0.394 e. The zero-order valence-electron chi connectivity index (χ0n) is 9.16. The molecule has 3 atom stereocenters.